The van der Waals surface area contributed by atoms with E-state index >= 15 is 0 Å². The molecule has 0 unspecified atom stereocenters. The number of carbonyl (C=O) groups is 1. The topological polar surface area (TPSA) is 79.8 Å². The quantitative estimate of drug-likeness (QED) is 0.744. The molecule has 0 N–H and O–H groups in total. The first-order valence-corrected chi connectivity index (χ1v) is 12.0. The van der Waals surface area contributed by atoms with E-state index in [1.807, 2.05) is 24.4 Å². The lowest BCUT2D eigenvalue weighted by atomic mass is 9.88. The van der Waals surface area contributed by atoms with Crippen LogP contribution in [0.4, 0.5) is 4.79 Å². The molecule has 2 saturated heterocycles. The van der Waals surface area contributed by atoms with Gasteiger partial charge in [0.1, 0.15) is 10.9 Å². The van der Waals surface area contributed by atoms with E-state index < -0.39 is 27.0 Å². The Morgan fingerprint density at radius 3 is 2.43 bits per heavy atom. The summed E-state index contributed by atoms with van der Waals surface area (Å²) in [5.41, 5.74) is 1.64. The Hall–Kier alpha value is -2.19. The van der Waals surface area contributed by atoms with Gasteiger partial charge in [0.15, 0.2) is 0 Å². The second-order valence-corrected chi connectivity index (χ2v) is 11.4. The molecule has 0 bridgehead atoms. The van der Waals surface area contributed by atoms with Gasteiger partial charge < -0.3 is 9.64 Å². The van der Waals surface area contributed by atoms with E-state index in [-0.39, 0.29) is 13.1 Å². The molecular weight excluding hydrogens is 402 g/mol. The minimum Gasteiger partial charge on any atom is -0.444 e. The summed E-state index contributed by atoms with van der Waals surface area (Å²) in [6.07, 6.45) is 2.96. The summed E-state index contributed by atoms with van der Waals surface area (Å²) < 4.78 is 32.9. The Kier molecular flexibility index (Phi) is 5.48. The molecule has 1 aromatic heterocycles. The molecule has 7 nitrogen and oxygen atoms in total. The van der Waals surface area contributed by atoms with Crippen molar-refractivity contribution in [1.82, 2.24) is 14.2 Å². The summed E-state index contributed by atoms with van der Waals surface area (Å²) in [5, 5.41) is 0.608. The summed E-state index contributed by atoms with van der Waals surface area (Å²) >= 11 is 0. The van der Waals surface area contributed by atoms with Gasteiger partial charge in [-0.1, -0.05) is 18.2 Å². The molecular formula is C22H29N3O4S. The van der Waals surface area contributed by atoms with E-state index in [4.69, 9.17) is 4.74 Å². The Morgan fingerprint density at radius 2 is 1.77 bits per heavy atom. The van der Waals surface area contributed by atoms with E-state index in [1.54, 1.807) is 25.1 Å². The number of benzene rings is 1. The van der Waals surface area contributed by atoms with Gasteiger partial charge in [-0.05, 0) is 57.2 Å². The van der Waals surface area contributed by atoms with Crippen molar-refractivity contribution in [3.05, 3.63) is 42.1 Å². The van der Waals surface area contributed by atoms with Crippen LogP contribution in [0.15, 0.2) is 36.5 Å². The highest BCUT2D eigenvalue weighted by Crippen LogP contribution is 2.34. The summed E-state index contributed by atoms with van der Waals surface area (Å²) in [6, 6.07) is 10.1. The smallest absolute Gasteiger partial charge is 0.410 e. The van der Waals surface area contributed by atoms with Crippen LogP contribution in [0.25, 0.3) is 10.9 Å². The summed E-state index contributed by atoms with van der Waals surface area (Å²) in [7, 11) is -3.41. The Bertz CT molecular complexity index is 1030. The first-order chi connectivity index (χ1) is 14.1. The number of aromatic nitrogens is 1. The van der Waals surface area contributed by atoms with E-state index in [1.165, 1.54) is 10.5 Å². The molecule has 4 rings (SSSR count). The zero-order valence-corrected chi connectivity index (χ0v) is 18.6. The minimum atomic E-state index is -3.41. The maximum Gasteiger partial charge on any atom is 0.410 e. The van der Waals surface area contributed by atoms with Crippen molar-refractivity contribution in [3.63, 3.8) is 0 Å². The molecule has 8 heteroatoms. The van der Waals surface area contributed by atoms with Gasteiger partial charge in [-0.15, -0.1) is 0 Å². The molecule has 0 atom stereocenters. The van der Waals surface area contributed by atoms with Crippen LogP contribution in [0.1, 0.15) is 45.1 Å². The van der Waals surface area contributed by atoms with Gasteiger partial charge in [0.25, 0.3) is 0 Å². The molecule has 2 aliphatic heterocycles. The van der Waals surface area contributed by atoms with E-state index in [0.29, 0.717) is 19.0 Å². The lowest BCUT2D eigenvalue weighted by molar-refractivity contribution is 0.0135. The van der Waals surface area contributed by atoms with Crippen LogP contribution < -0.4 is 0 Å². The van der Waals surface area contributed by atoms with Crippen molar-refractivity contribution in [3.8, 4) is 0 Å². The van der Waals surface area contributed by atoms with Gasteiger partial charge in [-0.2, -0.15) is 0 Å². The molecule has 3 heterocycles. The summed E-state index contributed by atoms with van der Waals surface area (Å²) in [5.74, 6) is 0.323. The first-order valence-electron chi connectivity index (χ1n) is 10.5. The average Bonchev–Trinajstić information content (AvgIpc) is 2.65. The van der Waals surface area contributed by atoms with Crippen LogP contribution >= 0.6 is 0 Å². The van der Waals surface area contributed by atoms with Crippen molar-refractivity contribution >= 4 is 27.0 Å². The van der Waals surface area contributed by atoms with Crippen molar-refractivity contribution in [2.75, 3.05) is 26.2 Å². The zero-order chi connectivity index (χ0) is 21.5. The second kappa shape index (κ2) is 7.81. The fraction of sp³-hybridized carbons (Fsp3) is 0.545. The third-order valence-electron chi connectivity index (χ3n) is 5.86. The van der Waals surface area contributed by atoms with Gasteiger partial charge in [-0.25, -0.2) is 17.5 Å². The summed E-state index contributed by atoms with van der Waals surface area (Å²) in [4.78, 5) is 18.0. The monoisotopic (exact) mass is 431 g/mol. The number of hydrogen-bond donors (Lipinski definition) is 0. The van der Waals surface area contributed by atoms with Gasteiger partial charge in [0, 0.05) is 37.8 Å². The van der Waals surface area contributed by atoms with Gasteiger partial charge in [0.2, 0.25) is 10.0 Å². The molecule has 162 valence electrons. The predicted molar refractivity (Wildman–Crippen MR) is 116 cm³/mol. The van der Waals surface area contributed by atoms with Crippen LogP contribution in [0.3, 0.4) is 0 Å². The molecule has 0 radical (unpaired) electrons. The molecule has 2 fully saturated rings. The highest BCUT2D eigenvalue weighted by atomic mass is 32.2. The van der Waals surface area contributed by atoms with Crippen molar-refractivity contribution in [1.29, 1.82) is 0 Å². The highest BCUT2D eigenvalue weighted by Gasteiger charge is 2.44. The fourth-order valence-corrected chi connectivity index (χ4v) is 6.09. The van der Waals surface area contributed by atoms with Crippen LogP contribution in [0.5, 0.6) is 0 Å². The van der Waals surface area contributed by atoms with E-state index in [2.05, 4.69) is 17.1 Å². The number of para-hydroxylation sites is 1. The van der Waals surface area contributed by atoms with Crippen LogP contribution in [0, 0.1) is 0 Å². The number of pyridine rings is 1. The van der Waals surface area contributed by atoms with Crippen LogP contribution in [0.2, 0.25) is 0 Å². The van der Waals surface area contributed by atoms with Gasteiger partial charge in [-0.3, -0.25) is 4.98 Å². The number of fused-ring (bicyclic) bond motifs is 1. The van der Waals surface area contributed by atoms with E-state index in [9.17, 15) is 13.2 Å². The third-order valence-corrected chi connectivity index (χ3v) is 8.08. The normalized spacial score (nSPS) is 19.6. The molecule has 2 aromatic rings. The minimum absolute atomic E-state index is 0.201. The number of nitrogens with zero attached hydrogens (tertiary/aromatic N) is 3. The number of carbonyl (C=O) groups excluding carboxylic acids is 1. The number of hydrogen-bond acceptors (Lipinski definition) is 5. The molecule has 0 aliphatic carbocycles. The standard InChI is InChI=1S/C22H29N3O4S/c1-22(2,3)29-21(26)24-14-17(15-24)30(27,28)25-12-9-16(10-13-25)18-8-11-23-20-7-5-4-6-19(18)20/h4-8,11,16-17H,9-10,12-15H2,1-3H3. The van der Waals surface area contributed by atoms with Gasteiger partial charge in [0.05, 0.1) is 5.52 Å². The molecule has 0 saturated carbocycles. The Morgan fingerprint density at radius 1 is 1.10 bits per heavy atom. The number of ether oxygens (including phenoxy) is 1. The van der Waals surface area contributed by atoms with Crippen LogP contribution in [-0.2, 0) is 14.8 Å². The Labute approximate surface area is 178 Å². The zero-order valence-electron chi connectivity index (χ0n) is 17.7. The number of sulfonamides is 1. The lowest BCUT2D eigenvalue weighted by Gasteiger charge is -2.42. The Balaban J connectivity index is 1.37. The van der Waals surface area contributed by atoms with E-state index in [0.717, 1.165) is 23.7 Å². The highest BCUT2D eigenvalue weighted by molar-refractivity contribution is 7.89. The predicted octanol–water partition coefficient (Wildman–Crippen LogP) is 3.36. The average molecular weight is 432 g/mol. The lowest BCUT2D eigenvalue weighted by Crippen LogP contribution is -2.61. The molecule has 0 spiro atoms. The number of piperidine rings is 1. The maximum absolute atomic E-state index is 13.0. The van der Waals surface area contributed by atoms with Crippen molar-refractivity contribution in [2.45, 2.75) is 50.4 Å². The maximum atomic E-state index is 13.0. The van der Waals surface area contributed by atoms with Crippen molar-refractivity contribution in [2.24, 2.45) is 0 Å². The second-order valence-electron chi connectivity index (χ2n) is 9.14. The molecule has 30 heavy (non-hydrogen) atoms. The number of rotatable bonds is 3. The number of likely N-dealkylation sites (tertiary alicyclic amines) is 1. The van der Waals surface area contributed by atoms with Gasteiger partial charge >= 0.3 is 6.09 Å². The molecule has 2 aliphatic rings. The SMILES string of the molecule is CC(C)(C)OC(=O)N1CC(S(=O)(=O)N2CCC(c3ccnc4ccccc34)CC2)C1. The largest absolute Gasteiger partial charge is 0.444 e. The number of amides is 1. The summed E-state index contributed by atoms with van der Waals surface area (Å²) in [6.45, 7) is 6.82. The third kappa shape index (κ3) is 4.16. The fourth-order valence-electron chi connectivity index (χ4n) is 4.21. The van der Waals surface area contributed by atoms with Crippen LogP contribution in [-0.4, -0.2) is 65.7 Å². The first kappa shape index (κ1) is 21.1. The molecule has 1 amide bonds. The molecule has 1 aromatic carbocycles. The van der Waals surface area contributed by atoms with Crippen molar-refractivity contribution < 1.29 is 17.9 Å².